The average molecular weight is 440 g/mol. The van der Waals surface area contributed by atoms with Crippen molar-refractivity contribution in [3.8, 4) is 22.9 Å². The molecule has 0 fully saturated rings. The number of fused-ring (bicyclic) bond motifs is 1. The fourth-order valence-electron chi connectivity index (χ4n) is 3.60. The Kier molecular flexibility index (Phi) is 6.48. The van der Waals surface area contributed by atoms with E-state index < -0.39 is 10.0 Å². The summed E-state index contributed by atoms with van der Waals surface area (Å²) in [7, 11) is -1.95. The predicted molar refractivity (Wildman–Crippen MR) is 118 cm³/mol. The zero-order valence-electron chi connectivity index (χ0n) is 17.4. The summed E-state index contributed by atoms with van der Waals surface area (Å²) in [6.45, 7) is 0.294. The predicted octanol–water partition coefficient (Wildman–Crippen LogP) is 3.39. The van der Waals surface area contributed by atoms with Gasteiger partial charge in [-0.1, -0.05) is 6.07 Å². The first-order valence-corrected chi connectivity index (χ1v) is 11.8. The van der Waals surface area contributed by atoms with E-state index in [9.17, 15) is 8.42 Å². The van der Waals surface area contributed by atoms with Crippen LogP contribution in [0, 0.1) is 0 Å². The highest BCUT2D eigenvalue weighted by Gasteiger charge is 2.17. The van der Waals surface area contributed by atoms with Gasteiger partial charge in [0.05, 0.1) is 17.7 Å². The molecule has 162 valence electrons. The Bertz CT molecular complexity index is 1130. The molecule has 0 saturated carbocycles. The molecule has 0 spiro atoms. The topological polar surface area (TPSA) is 90.4 Å². The standard InChI is InChI=1S/C23H25N3O4S/c1-29-20-9-6-18(7-10-20)22-12-13-23(26-25-22)30-15-14-24-31(27,28)21-11-8-17-4-2-3-5-19(17)16-21/h6-13,16,24H,2-5,14-15H2,1H3. The van der Waals surface area contributed by atoms with Crippen molar-refractivity contribution in [2.45, 2.75) is 30.6 Å². The number of sulfonamides is 1. The Morgan fingerprint density at radius 2 is 1.71 bits per heavy atom. The summed E-state index contributed by atoms with van der Waals surface area (Å²) in [5, 5.41) is 8.22. The fraction of sp³-hybridized carbons (Fsp3) is 0.304. The number of methoxy groups -OCH3 is 1. The molecule has 1 aliphatic rings. The molecular weight excluding hydrogens is 414 g/mol. The highest BCUT2D eigenvalue weighted by Crippen LogP contribution is 2.24. The van der Waals surface area contributed by atoms with Crippen LogP contribution in [0.5, 0.6) is 11.6 Å². The van der Waals surface area contributed by atoms with Gasteiger partial charge in [0.2, 0.25) is 15.9 Å². The lowest BCUT2D eigenvalue weighted by atomic mass is 9.92. The lowest BCUT2D eigenvalue weighted by Crippen LogP contribution is -2.28. The molecule has 1 aromatic heterocycles. The quantitative estimate of drug-likeness (QED) is 0.541. The minimum Gasteiger partial charge on any atom is -0.497 e. The van der Waals surface area contributed by atoms with E-state index in [2.05, 4.69) is 14.9 Å². The van der Waals surface area contributed by atoms with Crippen LogP contribution in [-0.2, 0) is 22.9 Å². The molecule has 0 saturated heterocycles. The Morgan fingerprint density at radius 3 is 2.42 bits per heavy atom. The number of hydrogen-bond donors (Lipinski definition) is 1. The second-order valence-corrected chi connectivity index (χ2v) is 9.14. The highest BCUT2D eigenvalue weighted by molar-refractivity contribution is 7.89. The van der Waals surface area contributed by atoms with Crippen LogP contribution in [0.15, 0.2) is 59.5 Å². The second kappa shape index (κ2) is 9.45. The summed E-state index contributed by atoms with van der Waals surface area (Å²) in [5.74, 6) is 1.11. The zero-order chi connectivity index (χ0) is 21.7. The van der Waals surface area contributed by atoms with Crippen LogP contribution in [0.4, 0.5) is 0 Å². The van der Waals surface area contributed by atoms with E-state index >= 15 is 0 Å². The maximum atomic E-state index is 12.6. The van der Waals surface area contributed by atoms with Gasteiger partial charge in [-0.25, -0.2) is 13.1 Å². The Balaban J connectivity index is 1.30. The first-order chi connectivity index (χ1) is 15.0. The molecule has 7 nitrogen and oxygen atoms in total. The van der Waals surface area contributed by atoms with E-state index in [4.69, 9.17) is 9.47 Å². The van der Waals surface area contributed by atoms with Crippen molar-refractivity contribution in [3.05, 3.63) is 65.7 Å². The first-order valence-electron chi connectivity index (χ1n) is 10.3. The summed E-state index contributed by atoms with van der Waals surface area (Å²) >= 11 is 0. The van der Waals surface area contributed by atoms with Gasteiger partial charge in [-0.05, 0) is 79.3 Å². The van der Waals surface area contributed by atoms with Crippen LogP contribution in [0.1, 0.15) is 24.0 Å². The molecule has 1 N–H and O–H groups in total. The first kappa shape index (κ1) is 21.3. The summed E-state index contributed by atoms with van der Waals surface area (Å²) in [5.41, 5.74) is 4.02. The van der Waals surface area contributed by atoms with Gasteiger partial charge in [0.1, 0.15) is 12.4 Å². The maximum absolute atomic E-state index is 12.6. The molecular formula is C23H25N3O4S. The smallest absolute Gasteiger partial charge is 0.240 e. The molecule has 3 aromatic rings. The van der Waals surface area contributed by atoms with Crippen molar-refractivity contribution < 1.29 is 17.9 Å². The molecule has 0 radical (unpaired) electrons. The maximum Gasteiger partial charge on any atom is 0.240 e. The third kappa shape index (κ3) is 5.21. The average Bonchev–Trinajstić information content (AvgIpc) is 2.82. The minimum absolute atomic E-state index is 0.140. The number of hydrogen-bond acceptors (Lipinski definition) is 6. The molecule has 8 heteroatoms. The highest BCUT2D eigenvalue weighted by atomic mass is 32.2. The fourth-order valence-corrected chi connectivity index (χ4v) is 4.67. The van der Waals surface area contributed by atoms with Crippen LogP contribution in [0.3, 0.4) is 0 Å². The van der Waals surface area contributed by atoms with Gasteiger partial charge in [0.15, 0.2) is 0 Å². The van der Waals surface area contributed by atoms with Crippen molar-refractivity contribution in [3.63, 3.8) is 0 Å². The van der Waals surface area contributed by atoms with Crippen molar-refractivity contribution in [2.24, 2.45) is 0 Å². The summed E-state index contributed by atoms with van der Waals surface area (Å²) in [6, 6.07) is 16.4. The monoisotopic (exact) mass is 439 g/mol. The molecule has 1 aliphatic carbocycles. The SMILES string of the molecule is COc1ccc(-c2ccc(OCCNS(=O)(=O)c3ccc4c(c3)CCCC4)nn2)cc1. The van der Waals surface area contributed by atoms with Crippen molar-refractivity contribution in [2.75, 3.05) is 20.3 Å². The molecule has 2 aromatic carbocycles. The van der Waals surface area contributed by atoms with E-state index in [1.807, 2.05) is 30.3 Å². The number of nitrogens with one attached hydrogen (secondary N) is 1. The Labute approximate surface area is 182 Å². The van der Waals surface area contributed by atoms with E-state index in [-0.39, 0.29) is 13.2 Å². The number of aromatic nitrogens is 2. The van der Waals surface area contributed by atoms with Gasteiger partial charge in [0, 0.05) is 18.2 Å². The van der Waals surface area contributed by atoms with Crippen LogP contribution in [0.2, 0.25) is 0 Å². The molecule has 0 bridgehead atoms. The molecule has 0 aliphatic heterocycles. The Morgan fingerprint density at radius 1 is 0.935 bits per heavy atom. The largest absolute Gasteiger partial charge is 0.497 e. The van der Waals surface area contributed by atoms with E-state index in [0.717, 1.165) is 36.1 Å². The van der Waals surface area contributed by atoms with E-state index in [1.54, 1.807) is 31.4 Å². The summed E-state index contributed by atoms with van der Waals surface area (Å²) < 4.78 is 38.4. The zero-order valence-corrected chi connectivity index (χ0v) is 18.2. The lowest BCUT2D eigenvalue weighted by molar-refractivity contribution is 0.307. The molecule has 0 amide bonds. The molecule has 4 rings (SSSR count). The number of ether oxygens (including phenoxy) is 2. The normalized spacial score (nSPS) is 13.5. The van der Waals surface area contributed by atoms with Crippen LogP contribution >= 0.6 is 0 Å². The van der Waals surface area contributed by atoms with Gasteiger partial charge >= 0.3 is 0 Å². The second-order valence-electron chi connectivity index (χ2n) is 7.37. The van der Waals surface area contributed by atoms with Crippen LogP contribution in [-0.4, -0.2) is 38.9 Å². The van der Waals surface area contributed by atoms with Crippen LogP contribution in [0.25, 0.3) is 11.3 Å². The third-order valence-corrected chi connectivity index (χ3v) is 6.76. The molecule has 0 atom stereocenters. The van der Waals surface area contributed by atoms with Crippen molar-refractivity contribution in [1.82, 2.24) is 14.9 Å². The summed E-state index contributed by atoms with van der Waals surface area (Å²) in [6.07, 6.45) is 4.23. The van der Waals surface area contributed by atoms with Gasteiger partial charge in [-0.3, -0.25) is 0 Å². The molecule has 1 heterocycles. The molecule has 0 unspecified atom stereocenters. The number of nitrogens with zero attached hydrogens (tertiary/aromatic N) is 2. The molecule has 31 heavy (non-hydrogen) atoms. The number of rotatable bonds is 8. The summed E-state index contributed by atoms with van der Waals surface area (Å²) in [4.78, 5) is 0.303. The Hall–Kier alpha value is -2.97. The van der Waals surface area contributed by atoms with Gasteiger partial charge in [-0.15, -0.1) is 10.2 Å². The van der Waals surface area contributed by atoms with Gasteiger partial charge in [0.25, 0.3) is 0 Å². The van der Waals surface area contributed by atoms with Crippen molar-refractivity contribution in [1.29, 1.82) is 0 Å². The lowest BCUT2D eigenvalue weighted by Gasteiger charge is -2.16. The number of benzene rings is 2. The van der Waals surface area contributed by atoms with Gasteiger partial charge < -0.3 is 9.47 Å². The third-order valence-electron chi connectivity index (χ3n) is 5.30. The van der Waals surface area contributed by atoms with Crippen molar-refractivity contribution >= 4 is 10.0 Å². The van der Waals surface area contributed by atoms with E-state index in [1.165, 1.54) is 12.0 Å². The van der Waals surface area contributed by atoms with Crippen LogP contribution < -0.4 is 14.2 Å². The van der Waals surface area contributed by atoms with E-state index in [0.29, 0.717) is 16.5 Å². The minimum atomic E-state index is -3.57. The van der Waals surface area contributed by atoms with Gasteiger partial charge in [-0.2, -0.15) is 0 Å². The number of aryl methyl sites for hydroxylation is 2.